The summed E-state index contributed by atoms with van der Waals surface area (Å²) < 4.78 is 0. The molecule has 0 bridgehead atoms. The molecule has 3 nitrogen and oxygen atoms in total. The number of carbonyl (C=O) groups is 1. The number of aliphatic hydroxyl groups is 1. The summed E-state index contributed by atoms with van der Waals surface area (Å²) in [5.41, 5.74) is 0.0400. The van der Waals surface area contributed by atoms with Gasteiger partial charge in [0.2, 0.25) is 5.91 Å². The molecule has 1 aliphatic carbocycles. The van der Waals surface area contributed by atoms with Crippen LogP contribution in [0.15, 0.2) is 11.6 Å². The topological polar surface area (TPSA) is 49.3 Å². The monoisotopic (exact) mass is 257 g/mol. The van der Waals surface area contributed by atoms with E-state index in [2.05, 4.69) is 12.2 Å². The van der Waals surface area contributed by atoms with Crippen LogP contribution < -0.4 is 5.32 Å². The second kappa shape index (κ2) is 6.45. The Morgan fingerprint density at radius 2 is 2.29 bits per heavy atom. The summed E-state index contributed by atoms with van der Waals surface area (Å²) in [6, 6.07) is 0. The number of allylic oxidation sites excluding steroid dienone is 1. The predicted octanol–water partition coefficient (Wildman–Crippen LogP) is 2.11. The number of thioether (sulfide) groups is 1. The summed E-state index contributed by atoms with van der Waals surface area (Å²) in [6.07, 6.45) is 4.60. The Labute approximate surface area is 108 Å². The Morgan fingerprint density at radius 3 is 2.76 bits per heavy atom. The van der Waals surface area contributed by atoms with E-state index in [1.54, 1.807) is 11.8 Å². The lowest BCUT2D eigenvalue weighted by molar-refractivity contribution is -0.119. The molecule has 0 aromatic rings. The molecule has 1 fully saturated rings. The van der Waals surface area contributed by atoms with Crippen molar-refractivity contribution in [3.63, 3.8) is 0 Å². The summed E-state index contributed by atoms with van der Waals surface area (Å²) in [4.78, 5) is 11.7. The summed E-state index contributed by atoms with van der Waals surface area (Å²) in [7, 11) is 0. The molecular weight excluding hydrogens is 234 g/mol. The highest BCUT2D eigenvalue weighted by Crippen LogP contribution is 2.40. The first-order valence-electron chi connectivity index (χ1n) is 6.32. The molecule has 98 valence electrons. The average molecular weight is 257 g/mol. The summed E-state index contributed by atoms with van der Waals surface area (Å²) in [6.45, 7) is 6.28. The maximum atomic E-state index is 11.7. The lowest BCUT2D eigenvalue weighted by atomic mass is 9.79. The van der Waals surface area contributed by atoms with Gasteiger partial charge in [0.1, 0.15) is 0 Å². The molecule has 0 aliphatic heterocycles. The molecule has 0 unspecified atom stereocenters. The van der Waals surface area contributed by atoms with Gasteiger partial charge in [0.05, 0.1) is 5.60 Å². The molecule has 2 N–H and O–H groups in total. The van der Waals surface area contributed by atoms with Crippen molar-refractivity contribution in [1.29, 1.82) is 0 Å². The van der Waals surface area contributed by atoms with Crippen molar-refractivity contribution in [2.45, 2.75) is 50.9 Å². The smallest absolute Gasteiger partial charge is 0.246 e. The fraction of sp³-hybridized carbons (Fsp3) is 0.769. The summed E-state index contributed by atoms with van der Waals surface area (Å²) >= 11 is 1.78. The Balaban J connectivity index is 2.40. The van der Waals surface area contributed by atoms with Crippen LogP contribution in [-0.4, -0.2) is 34.2 Å². The van der Waals surface area contributed by atoms with Gasteiger partial charge in [0.15, 0.2) is 0 Å². The Morgan fingerprint density at radius 1 is 1.59 bits per heavy atom. The number of nitrogens with one attached hydrogen (secondary N) is 1. The van der Waals surface area contributed by atoms with Crippen molar-refractivity contribution in [2.24, 2.45) is 0 Å². The van der Waals surface area contributed by atoms with Gasteiger partial charge in [-0.05, 0) is 31.9 Å². The van der Waals surface area contributed by atoms with Crippen LogP contribution in [0.4, 0.5) is 0 Å². The van der Waals surface area contributed by atoms with E-state index in [1.807, 2.05) is 19.9 Å². The van der Waals surface area contributed by atoms with E-state index in [1.165, 1.54) is 0 Å². The van der Waals surface area contributed by atoms with Crippen molar-refractivity contribution in [2.75, 3.05) is 12.3 Å². The highest BCUT2D eigenvalue weighted by Gasteiger charge is 2.45. The highest BCUT2D eigenvalue weighted by molar-refractivity contribution is 8.00. The van der Waals surface area contributed by atoms with E-state index in [0.717, 1.165) is 30.6 Å². The van der Waals surface area contributed by atoms with E-state index in [4.69, 9.17) is 0 Å². The van der Waals surface area contributed by atoms with E-state index < -0.39 is 5.60 Å². The van der Waals surface area contributed by atoms with Gasteiger partial charge in [-0.3, -0.25) is 4.79 Å². The number of carbonyl (C=O) groups excluding carboxylic acids is 1. The van der Waals surface area contributed by atoms with Crippen LogP contribution >= 0.6 is 11.8 Å². The molecule has 4 heteroatoms. The zero-order chi connectivity index (χ0) is 12.9. The molecule has 1 aliphatic rings. The van der Waals surface area contributed by atoms with Crippen LogP contribution in [-0.2, 0) is 4.79 Å². The highest BCUT2D eigenvalue weighted by atomic mass is 32.2. The third kappa shape index (κ3) is 3.75. The predicted molar refractivity (Wildman–Crippen MR) is 73.2 cm³/mol. The Kier molecular flexibility index (Phi) is 5.53. The standard InChI is InChI=1S/C13H23NO2S/c1-4-6-10(3)12(15)14-9-13(16)8-7-11(13)17-5-2/h6,11,16H,4-5,7-9H2,1-3H3,(H,14,15)/b10-6-/t11-,13-/m1/s1. The third-order valence-corrected chi connectivity index (χ3v) is 4.64. The van der Waals surface area contributed by atoms with Crippen LogP contribution in [0.5, 0.6) is 0 Å². The second-order valence-electron chi connectivity index (χ2n) is 4.56. The normalized spacial score (nSPS) is 28.7. The number of hydrogen-bond acceptors (Lipinski definition) is 3. The number of amides is 1. The molecule has 0 radical (unpaired) electrons. The number of rotatable bonds is 6. The van der Waals surface area contributed by atoms with Gasteiger partial charge in [-0.1, -0.05) is 19.9 Å². The van der Waals surface area contributed by atoms with E-state index in [-0.39, 0.29) is 11.2 Å². The maximum absolute atomic E-state index is 11.7. The van der Waals surface area contributed by atoms with Crippen molar-refractivity contribution in [3.05, 3.63) is 11.6 Å². The van der Waals surface area contributed by atoms with Crippen LogP contribution in [0, 0.1) is 0 Å². The SMILES string of the molecule is CC/C=C(/C)C(=O)NC[C@]1(O)CC[C@H]1SCC. The van der Waals surface area contributed by atoms with Crippen LogP contribution in [0.2, 0.25) is 0 Å². The minimum Gasteiger partial charge on any atom is -0.387 e. The van der Waals surface area contributed by atoms with E-state index >= 15 is 0 Å². The molecule has 17 heavy (non-hydrogen) atoms. The Bertz CT molecular complexity index is 304. The van der Waals surface area contributed by atoms with Crippen molar-refractivity contribution >= 4 is 17.7 Å². The average Bonchev–Trinajstić information content (AvgIpc) is 2.31. The van der Waals surface area contributed by atoms with Gasteiger partial charge in [-0.25, -0.2) is 0 Å². The minimum atomic E-state index is -0.692. The molecule has 1 rings (SSSR count). The zero-order valence-corrected chi connectivity index (χ0v) is 11.8. The van der Waals surface area contributed by atoms with Crippen molar-refractivity contribution in [3.8, 4) is 0 Å². The van der Waals surface area contributed by atoms with Gasteiger partial charge < -0.3 is 10.4 Å². The van der Waals surface area contributed by atoms with Gasteiger partial charge in [-0.15, -0.1) is 0 Å². The molecular formula is C13H23NO2S. The lowest BCUT2D eigenvalue weighted by Crippen LogP contribution is -2.57. The fourth-order valence-electron chi connectivity index (χ4n) is 2.01. The van der Waals surface area contributed by atoms with Crippen LogP contribution in [0.3, 0.4) is 0 Å². The molecule has 2 atom stereocenters. The van der Waals surface area contributed by atoms with Gasteiger partial charge in [-0.2, -0.15) is 11.8 Å². The van der Waals surface area contributed by atoms with Gasteiger partial charge in [0.25, 0.3) is 0 Å². The molecule has 0 spiro atoms. The molecule has 0 heterocycles. The Hall–Kier alpha value is -0.480. The summed E-state index contributed by atoms with van der Waals surface area (Å²) in [5.74, 6) is 0.947. The van der Waals surface area contributed by atoms with Gasteiger partial charge in [0, 0.05) is 17.4 Å². The third-order valence-electron chi connectivity index (χ3n) is 3.23. The first-order chi connectivity index (χ1) is 8.03. The first-order valence-corrected chi connectivity index (χ1v) is 7.37. The minimum absolute atomic E-state index is 0.0626. The van der Waals surface area contributed by atoms with E-state index in [0.29, 0.717) is 6.54 Å². The van der Waals surface area contributed by atoms with Crippen molar-refractivity contribution < 1.29 is 9.90 Å². The molecule has 1 saturated carbocycles. The fourth-order valence-corrected chi connectivity index (χ4v) is 3.21. The zero-order valence-electron chi connectivity index (χ0n) is 11.0. The molecule has 1 amide bonds. The summed E-state index contributed by atoms with van der Waals surface area (Å²) in [5, 5.41) is 13.4. The molecule has 0 aromatic heterocycles. The van der Waals surface area contributed by atoms with Crippen LogP contribution in [0.1, 0.15) is 40.0 Å². The van der Waals surface area contributed by atoms with Gasteiger partial charge >= 0.3 is 0 Å². The molecule has 0 saturated heterocycles. The van der Waals surface area contributed by atoms with Crippen molar-refractivity contribution in [1.82, 2.24) is 5.32 Å². The largest absolute Gasteiger partial charge is 0.387 e. The first kappa shape index (κ1) is 14.6. The maximum Gasteiger partial charge on any atom is 0.246 e. The van der Waals surface area contributed by atoms with Crippen LogP contribution in [0.25, 0.3) is 0 Å². The second-order valence-corrected chi connectivity index (χ2v) is 6.04. The molecule has 0 aromatic carbocycles. The van der Waals surface area contributed by atoms with E-state index in [9.17, 15) is 9.90 Å². The number of hydrogen-bond donors (Lipinski definition) is 2. The lowest BCUT2D eigenvalue weighted by Gasteiger charge is -2.45. The quantitative estimate of drug-likeness (QED) is 0.717.